The van der Waals surface area contributed by atoms with Gasteiger partial charge >= 0.3 is 0 Å². The Kier molecular flexibility index (Phi) is 6.18. The number of hydrogen-bond donors (Lipinski definition) is 1. The molecule has 0 amide bonds. The smallest absolute Gasteiger partial charge is 0.0452 e. The summed E-state index contributed by atoms with van der Waals surface area (Å²) in [5.74, 6) is 0. The first kappa shape index (κ1) is 13.8. The average molecular weight is 260 g/mol. The maximum absolute atomic E-state index is 6.11. The maximum atomic E-state index is 6.11. The van der Waals surface area contributed by atoms with Gasteiger partial charge < -0.3 is 5.32 Å². The topological polar surface area (TPSA) is 12.0 Å². The summed E-state index contributed by atoms with van der Waals surface area (Å²) in [6, 6.07) is 6.29. The number of nitrogens with one attached hydrogen (secondary N) is 1. The van der Waals surface area contributed by atoms with Crippen LogP contribution < -0.4 is 5.32 Å². The van der Waals surface area contributed by atoms with E-state index < -0.39 is 0 Å². The fourth-order valence-corrected chi connectivity index (χ4v) is 2.44. The van der Waals surface area contributed by atoms with Gasteiger partial charge in [0.05, 0.1) is 0 Å². The molecule has 1 N–H and O–H groups in total. The van der Waals surface area contributed by atoms with Gasteiger partial charge in [-0.05, 0) is 50.4 Å². The molecule has 0 saturated heterocycles. The van der Waals surface area contributed by atoms with Gasteiger partial charge in [-0.15, -0.1) is 0 Å². The van der Waals surface area contributed by atoms with E-state index in [1.54, 1.807) is 0 Å². The summed E-state index contributed by atoms with van der Waals surface area (Å²) in [5.41, 5.74) is 1.08. The molecule has 0 saturated carbocycles. The summed E-state index contributed by atoms with van der Waals surface area (Å²) in [4.78, 5) is 0. The van der Waals surface area contributed by atoms with Gasteiger partial charge in [0.2, 0.25) is 0 Å². The van der Waals surface area contributed by atoms with E-state index in [1.807, 2.05) is 25.2 Å². The second-order valence-corrected chi connectivity index (χ2v) is 4.80. The molecule has 0 aliphatic carbocycles. The van der Waals surface area contributed by atoms with E-state index in [1.165, 1.54) is 0 Å². The van der Waals surface area contributed by atoms with Crippen molar-refractivity contribution in [2.24, 2.45) is 0 Å². The van der Waals surface area contributed by atoms with E-state index in [2.05, 4.69) is 12.2 Å². The second kappa shape index (κ2) is 7.16. The Balaban J connectivity index is 2.48. The summed E-state index contributed by atoms with van der Waals surface area (Å²) in [5, 5.41) is 4.87. The Hall–Kier alpha value is -0.240. The molecule has 1 aromatic rings. The maximum Gasteiger partial charge on any atom is 0.0452 e. The first-order valence-corrected chi connectivity index (χ1v) is 6.54. The molecular weight excluding hydrogens is 241 g/mol. The Morgan fingerprint density at radius 2 is 1.88 bits per heavy atom. The monoisotopic (exact) mass is 259 g/mol. The van der Waals surface area contributed by atoms with Crippen LogP contribution in [0, 0.1) is 0 Å². The SMILES string of the molecule is CCC(CCCc1c(Cl)cccc1Cl)NC. The highest BCUT2D eigenvalue weighted by Crippen LogP contribution is 2.26. The van der Waals surface area contributed by atoms with Gasteiger partial charge in [0.25, 0.3) is 0 Å². The lowest BCUT2D eigenvalue weighted by Gasteiger charge is -2.14. The van der Waals surface area contributed by atoms with Gasteiger partial charge in [0.15, 0.2) is 0 Å². The highest BCUT2D eigenvalue weighted by molar-refractivity contribution is 6.35. The lowest BCUT2D eigenvalue weighted by molar-refractivity contribution is 0.492. The molecule has 1 atom stereocenters. The molecular formula is C13H19Cl2N. The van der Waals surface area contributed by atoms with Crippen LogP contribution in [0.4, 0.5) is 0 Å². The first-order chi connectivity index (χ1) is 7.69. The van der Waals surface area contributed by atoms with Crippen LogP contribution >= 0.6 is 23.2 Å². The van der Waals surface area contributed by atoms with Crippen molar-refractivity contribution in [1.29, 1.82) is 0 Å². The standard InChI is InChI=1S/C13H19Cl2N/c1-3-10(16-2)6-4-7-11-12(14)8-5-9-13(11)15/h5,8-10,16H,3-4,6-7H2,1-2H3. The van der Waals surface area contributed by atoms with Crippen LogP contribution in [0.3, 0.4) is 0 Å². The van der Waals surface area contributed by atoms with Crippen molar-refractivity contribution in [2.45, 2.75) is 38.6 Å². The van der Waals surface area contributed by atoms with Crippen LogP contribution in [-0.4, -0.2) is 13.1 Å². The molecule has 0 aliphatic heterocycles. The summed E-state index contributed by atoms with van der Waals surface area (Å²) < 4.78 is 0. The van der Waals surface area contributed by atoms with Crippen molar-refractivity contribution in [2.75, 3.05) is 7.05 Å². The van der Waals surface area contributed by atoms with Crippen LogP contribution in [0.15, 0.2) is 18.2 Å². The number of benzene rings is 1. The minimum absolute atomic E-state index is 0.598. The zero-order valence-electron chi connectivity index (χ0n) is 9.89. The third-order valence-corrected chi connectivity index (χ3v) is 3.65. The normalized spacial score (nSPS) is 12.8. The second-order valence-electron chi connectivity index (χ2n) is 3.99. The number of rotatable bonds is 6. The van der Waals surface area contributed by atoms with E-state index in [0.29, 0.717) is 6.04 Å². The van der Waals surface area contributed by atoms with Crippen LogP contribution in [-0.2, 0) is 6.42 Å². The molecule has 0 radical (unpaired) electrons. The Morgan fingerprint density at radius 1 is 1.25 bits per heavy atom. The van der Waals surface area contributed by atoms with Gasteiger partial charge in [0.1, 0.15) is 0 Å². The highest BCUT2D eigenvalue weighted by atomic mass is 35.5. The average Bonchev–Trinajstić information content (AvgIpc) is 2.28. The molecule has 1 aromatic carbocycles. The third-order valence-electron chi connectivity index (χ3n) is 2.94. The summed E-state index contributed by atoms with van der Waals surface area (Å²) in [7, 11) is 2.01. The first-order valence-electron chi connectivity index (χ1n) is 5.79. The third kappa shape index (κ3) is 3.97. The zero-order chi connectivity index (χ0) is 12.0. The fourth-order valence-electron chi connectivity index (χ4n) is 1.85. The van der Waals surface area contributed by atoms with E-state index in [9.17, 15) is 0 Å². The minimum Gasteiger partial charge on any atom is -0.317 e. The van der Waals surface area contributed by atoms with Crippen LogP contribution in [0.1, 0.15) is 31.7 Å². The molecule has 1 unspecified atom stereocenters. The highest BCUT2D eigenvalue weighted by Gasteiger charge is 2.07. The molecule has 90 valence electrons. The van der Waals surface area contributed by atoms with Gasteiger partial charge in [-0.25, -0.2) is 0 Å². The fraction of sp³-hybridized carbons (Fsp3) is 0.538. The largest absolute Gasteiger partial charge is 0.317 e. The minimum atomic E-state index is 0.598. The number of hydrogen-bond acceptors (Lipinski definition) is 1. The van der Waals surface area contributed by atoms with E-state index in [4.69, 9.17) is 23.2 Å². The van der Waals surface area contributed by atoms with Crippen LogP contribution in [0.5, 0.6) is 0 Å². The summed E-state index contributed by atoms with van der Waals surface area (Å²) in [6.45, 7) is 2.20. The van der Waals surface area contributed by atoms with Crippen LogP contribution in [0.2, 0.25) is 10.0 Å². The Bertz CT molecular complexity index is 301. The predicted octanol–water partition coefficient (Wildman–Crippen LogP) is 4.31. The van der Waals surface area contributed by atoms with Crippen molar-refractivity contribution in [3.63, 3.8) is 0 Å². The van der Waals surface area contributed by atoms with Crippen molar-refractivity contribution < 1.29 is 0 Å². The van der Waals surface area contributed by atoms with E-state index in [0.717, 1.165) is 41.3 Å². The molecule has 1 rings (SSSR count). The lowest BCUT2D eigenvalue weighted by atomic mass is 10.0. The molecule has 3 heteroatoms. The van der Waals surface area contributed by atoms with E-state index >= 15 is 0 Å². The molecule has 0 spiro atoms. The van der Waals surface area contributed by atoms with Crippen LogP contribution in [0.25, 0.3) is 0 Å². The Morgan fingerprint density at radius 3 is 2.38 bits per heavy atom. The predicted molar refractivity (Wildman–Crippen MR) is 72.5 cm³/mol. The molecule has 0 bridgehead atoms. The van der Waals surface area contributed by atoms with Crippen molar-refractivity contribution >= 4 is 23.2 Å². The zero-order valence-corrected chi connectivity index (χ0v) is 11.4. The molecule has 0 aromatic heterocycles. The van der Waals surface area contributed by atoms with Gasteiger partial charge in [-0.1, -0.05) is 36.2 Å². The van der Waals surface area contributed by atoms with Gasteiger partial charge in [-0.3, -0.25) is 0 Å². The van der Waals surface area contributed by atoms with Crippen molar-refractivity contribution in [3.8, 4) is 0 Å². The molecule has 0 fully saturated rings. The molecule has 0 heterocycles. The van der Waals surface area contributed by atoms with Crippen molar-refractivity contribution in [1.82, 2.24) is 5.32 Å². The van der Waals surface area contributed by atoms with Gasteiger partial charge in [0, 0.05) is 16.1 Å². The quantitative estimate of drug-likeness (QED) is 0.803. The van der Waals surface area contributed by atoms with Gasteiger partial charge in [-0.2, -0.15) is 0 Å². The molecule has 0 aliphatic rings. The molecule has 16 heavy (non-hydrogen) atoms. The molecule has 1 nitrogen and oxygen atoms in total. The van der Waals surface area contributed by atoms with E-state index in [-0.39, 0.29) is 0 Å². The summed E-state index contributed by atoms with van der Waals surface area (Å²) >= 11 is 12.2. The van der Waals surface area contributed by atoms with Crippen molar-refractivity contribution in [3.05, 3.63) is 33.8 Å². The summed E-state index contributed by atoms with van der Waals surface area (Å²) in [6.07, 6.45) is 4.39. The number of halogens is 2. The lowest BCUT2D eigenvalue weighted by Crippen LogP contribution is -2.23. The Labute approximate surface area is 108 Å².